The van der Waals surface area contributed by atoms with Crippen molar-refractivity contribution < 1.29 is 9.59 Å². The molecule has 3 aromatic heterocycles. The van der Waals surface area contributed by atoms with Gasteiger partial charge in [0.25, 0.3) is 0 Å². The van der Waals surface area contributed by atoms with Gasteiger partial charge in [0.05, 0.1) is 6.07 Å². The molecule has 89 heavy (non-hydrogen) atoms. The molecule has 3 aliphatic carbocycles. The van der Waals surface area contributed by atoms with E-state index >= 15 is 0 Å². The largest absolute Gasteiger partial charge is 0.353 e. The first-order valence-corrected chi connectivity index (χ1v) is 30.6. The van der Waals surface area contributed by atoms with Crippen molar-refractivity contribution in [3.8, 4) is 12.1 Å². The van der Waals surface area contributed by atoms with Gasteiger partial charge in [0, 0.05) is 58.4 Å². The highest BCUT2D eigenvalue weighted by atomic mass is 16.1. The van der Waals surface area contributed by atoms with Crippen LogP contribution in [-0.4, -0.2) is 27.1 Å². The number of hydrogen-bond donors (Lipinski definition) is 2. The molecule has 3 heterocycles. The molecule has 0 unspecified atom stereocenters. The van der Waals surface area contributed by atoms with E-state index < -0.39 is 11.1 Å². The first-order valence-electron chi connectivity index (χ1n) is 30.6. The predicted octanol–water partition coefficient (Wildman–Crippen LogP) is 17.4. The molecule has 9 heteroatoms. The normalized spacial score (nSPS) is 14.0. The van der Waals surface area contributed by atoms with Crippen molar-refractivity contribution in [1.82, 2.24) is 14.5 Å². The quantitative estimate of drug-likeness (QED) is 0.0679. The summed E-state index contributed by atoms with van der Waals surface area (Å²) in [5, 5.41) is 27.4. The lowest BCUT2D eigenvalue weighted by molar-refractivity contribution is 0.111. The van der Waals surface area contributed by atoms with Crippen LogP contribution in [0.5, 0.6) is 0 Å². The van der Waals surface area contributed by atoms with Crippen LogP contribution in [0, 0.1) is 36.5 Å². The van der Waals surface area contributed by atoms with Crippen LogP contribution in [0.1, 0.15) is 132 Å². The summed E-state index contributed by atoms with van der Waals surface area (Å²) in [6.07, 6.45) is 14.2. The Hall–Kier alpha value is -10.7. The summed E-state index contributed by atoms with van der Waals surface area (Å²) >= 11 is 0. The zero-order valence-electron chi connectivity index (χ0n) is 50.4. The zero-order valence-corrected chi connectivity index (χ0v) is 50.4. The second-order valence-electron chi connectivity index (χ2n) is 23.7. The van der Waals surface area contributed by atoms with Crippen molar-refractivity contribution in [3.05, 3.63) is 338 Å². The van der Waals surface area contributed by atoms with E-state index in [-0.39, 0.29) is 5.41 Å². The SMILES string of the molecule is CCC1(c2ccc(NC(c3ccccc3)(c3ccccc3)c3ccccc3)nc2)CC1.Cc1c(C=O)ccc2c1C=C(C#N)C2.Cc1c(C=O)ccc2c1cc(C#N)n2CC1(c2ccc(NC(c3ccccc3)(c3ccccc3)c3ccccc3)nc2)CC1. The van der Waals surface area contributed by atoms with Crippen molar-refractivity contribution in [3.63, 3.8) is 0 Å². The Labute approximate surface area is 521 Å². The van der Waals surface area contributed by atoms with E-state index in [9.17, 15) is 14.9 Å². The van der Waals surface area contributed by atoms with Crippen molar-refractivity contribution in [2.24, 2.45) is 0 Å². The molecular weight excluding hydrogens is 1090 g/mol. The van der Waals surface area contributed by atoms with E-state index in [4.69, 9.17) is 15.2 Å². The van der Waals surface area contributed by atoms with Gasteiger partial charge in [-0.3, -0.25) is 9.59 Å². The lowest BCUT2D eigenvalue weighted by Gasteiger charge is -2.37. The molecule has 0 atom stereocenters. The monoisotopic (exact) mass is 1160 g/mol. The molecule has 3 aliphatic rings. The number of allylic oxidation sites excluding steroid dienone is 1. The third-order valence-electron chi connectivity index (χ3n) is 18.7. The summed E-state index contributed by atoms with van der Waals surface area (Å²) in [5.41, 5.74) is 16.4. The average molecular weight is 1160 g/mol. The predicted molar refractivity (Wildman–Crippen MR) is 357 cm³/mol. The second-order valence-corrected chi connectivity index (χ2v) is 23.7. The summed E-state index contributed by atoms with van der Waals surface area (Å²) in [7, 11) is 0. The van der Waals surface area contributed by atoms with Crippen LogP contribution < -0.4 is 10.6 Å². The number of carbonyl (C=O) groups is 2. The van der Waals surface area contributed by atoms with Crippen LogP contribution in [0.2, 0.25) is 0 Å². The van der Waals surface area contributed by atoms with Crippen LogP contribution in [0.15, 0.2) is 255 Å². The van der Waals surface area contributed by atoms with Crippen LogP contribution >= 0.6 is 0 Å². The number of nitrogens with one attached hydrogen (secondary N) is 2. The Kier molecular flexibility index (Phi) is 16.7. The number of nitrogens with zero attached hydrogens (tertiary/aromatic N) is 5. The molecule has 9 nitrogen and oxygen atoms in total. The van der Waals surface area contributed by atoms with Crippen molar-refractivity contribution in [2.75, 3.05) is 10.6 Å². The number of anilines is 2. The third kappa shape index (κ3) is 11.5. The molecule has 2 saturated carbocycles. The number of carbonyl (C=O) groups excluding carboxylic acids is 2. The summed E-state index contributed by atoms with van der Waals surface area (Å²) in [4.78, 5) is 32.1. The molecule has 0 bridgehead atoms. The summed E-state index contributed by atoms with van der Waals surface area (Å²) in [6, 6.07) is 86.2. The minimum Gasteiger partial charge on any atom is -0.353 e. The first-order chi connectivity index (χ1) is 43.6. The fourth-order valence-electron chi connectivity index (χ4n) is 13.2. The summed E-state index contributed by atoms with van der Waals surface area (Å²) in [6.45, 7) is 6.83. The number of aryl methyl sites for hydroxylation is 1. The van der Waals surface area contributed by atoms with Gasteiger partial charge in [-0.2, -0.15) is 10.5 Å². The van der Waals surface area contributed by atoms with E-state index in [1.54, 1.807) is 0 Å². The number of aromatic nitrogens is 3. The maximum atomic E-state index is 11.5. The zero-order chi connectivity index (χ0) is 61.4. The Morgan fingerprint density at radius 3 is 1.27 bits per heavy atom. The van der Waals surface area contributed by atoms with Crippen molar-refractivity contribution in [1.29, 1.82) is 10.5 Å². The summed E-state index contributed by atoms with van der Waals surface area (Å²) < 4.78 is 2.11. The fourth-order valence-corrected chi connectivity index (χ4v) is 13.2. The van der Waals surface area contributed by atoms with E-state index in [0.717, 1.165) is 92.5 Å². The highest BCUT2D eigenvalue weighted by Gasteiger charge is 2.46. The molecule has 0 aliphatic heterocycles. The van der Waals surface area contributed by atoms with Crippen molar-refractivity contribution >= 4 is 41.2 Å². The van der Waals surface area contributed by atoms with E-state index in [0.29, 0.717) is 35.2 Å². The molecule has 0 spiro atoms. The molecule has 8 aromatic carbocycles. The minimum atomic E-state index is -0.653. The van der Waals surface area contributed by atoms with Gasteiger partial charge in [-0.25, -0.2) is 9.97 Å². The van der Waals surface area contributed by atoms with Gasteiger partial charge in [0.15, 0.2) is 0 Å². The Bertz CT molecular complexity index is 4220. The summed E-state index contributed by atoms with van der Waals surface area (Å²) in [5.74, 6) is 1.66. The van der Waals surface area contributed by atoms with E-state index in [1.807, 2.05) is 74.7 Å². The molecular formula is C80H69N7O2. The molecule has 2 fully saturated rings. The molecule has 2 N–H and O–H groups in total. The van der Waals surface area contributed by atoms with E-state index in [1.165, 1.54) is 47.1 Å². The Balaban J connectivity index is 0.000000147. The van der Waals surface area contributed by atoms with Crippen LogP contribution in [0.4, 0.5) is 11.6 Å². The first kappa shape index (κ1) is 58.6. The van der Waals surface area contributed by atoms with E-state index in [2.05, 4.69) is 229 Å². The third-order valence-corrected chi connectivity index (χ3v) is 18.7. The maximum absolute atomic E-state index is 11.5. The number of pyridine rings is 2. The highest BCUT2D eigenvalue weighted by molar-refractivity contribution is 5.93. The smallest absolute Gasteiger partial charge is 0.150 e. The van der Waals surface area contributed by atoms with Gasteiger partial charge in [-0.1, -0.05) is 213 Å². The lowest BCUT2D eigenvalue weighted by atomic mass is 9.77. The molecule has 0 radical (unpaired) electrons. The van der Waals surface area contributed by atoms with Gasteiger partial charge in [-0.05, 0) is 155 Å². The van der Waals surface area contributed by atoms with Gasteiger partial charge < -0.3 is 15.2 Å². The second kappa shape index (κ2) is 25.3. The molecule has 0 saturated heterocycles. The number of rotatable bonds is 17. The van der Waals surface area contributed by atoms with Crippen LogP contribution in [0.25, 0.3) is 17.0 Å². The maximum Gasteiger partial charge on any atom is 0.150 e. The number of aldehydes is 2. The molecule has 14 rings (SSSR count). The average Bonchev–Trinajstić information content (AvgIpc) is 1.50. The lowest BCUT2D eigenvalue weighted by Crippen LogP contribution is -2.38. The number of benzene rings is 8. The van der Waals surface area contributed by atoms with Gasteiger partial charge in [-0.15, -0.1) is 0 Å². The fraction of sp³-hybridized carbons (Fsp3) is 0.175. The number of hydrogen-bond acceptors (Lipinski definition) is 8. The molecule has 436 valence electrons. The molecule has 0 amide bonds. The number of nitriles is 2. The Morgan fingerprint density at radius 2 is 0.910 bits per heavy atom. The van der Waals surface area contributed by atoms with Crippen LogP contribution in [0.3, 0.4) is 0 Å². The Morgan fingerprint density at radius 1 is 0.506 bits per heavy atom. The minimum absolute atomic E-state index is 0.0876. The molecule has 11 aromatic rings. The topological polar surface area (TPSA) is 136 Å². The van der Waals surface area contributed by atoms with Gasteiger partial charge >= 0.3 is 0 Å². The van der Waals surface area contributed by atoms with Crippen LogP contribution in [-0.2, 0) is 34.9 Å². The van der Waals surface area contributed by atoms with Gasteiger partial charge in [0.1, 0.15) is 47.0 Å². The van der Waals surface area contributed by atoms with Crippen molar-refractivity contribution in [2.45, 2.75) is 87.7 Å². The van der Waals surface area contributed by atoms with Gasteiger partial charge in [0.2, 0.25) is 0 Å². The highest BCUT2D eigenvalue weighted by Crippen LogP contribution is 2.52. The standard InChI is InChI=1S/C39H32N4O.C29H28N2.C12H9NO/c1-28-29(26-44)17-19-36-35(28)23-34(24-40)43(36)27-38(21-22-38)33-18-20-37(41-25-33)42-39(30-11-5-2-6-12-30,31-13-7-3-8-14-31)32-15-9-4-10-16-32;1-2-28(20-21-28)26-18-19-27(30-22-26)31-29(23-12-6-3-7-13-23,24-14-8-4-9-15-24)25-16-10-5-11-17-25;1-8-11(7-14)3-2-10-4-9(6-13)5-12(8)10/h2-20,23,25-26H,21-22,27H2,1H3,(H,41,42);3-19,22H,2,20-21H2,1H3,(H,30,31);2-3,5,7H,4H2,1H3. The number of fused-ring (bicyclic) bond motifs is 2.